The molecule has 1 saturated heterocycles. The number of thiophene rings is 1. The van der Waals surface area contributed by atoms with Crippen LogP contribution in [0.1, 0.15) is 31.1 Å². The maximum absolute atomic E-state index is 3.53. The number of hydrogen-bond donors (Lipinski definition) is 1. The number of hydrogen-bond acceptors (Lipinski definition) is 3. The van der Waals surface area contributed by atoms with Crippen molar-refractivity contribution in [3.8, 4) is 0 Å². The second-order valence-corrected chi connectivity index (χ2v) is 8.70. The Hall–Kier alpha value is 0.580. The summed E-state index contributed by atoms with van der Waals surface area (Å²) in [6.45, 7) is 8.30. The van der Waals surface area contributed by atoms with Gasteiger partial charge in [-0.25, -0.2) is 0 Å². The fourth-order valence-corrected chi connectivity index (χ4v) is 4.55. The van der Waals surface area contributed by atoms with Gasteiger partial charge in [0, 0.05) is 15.9 Å². The summed E-state index contributed by atoms with van der Waals surface area (Å²) < 4.78 is 2.35. The first-order chi connectivity index (χ1) is 9.15. The van der Waals surface area contributed by atoms with Gasteiger partial charge >= 0.3 is 0 Å². The molecule has 0 radical (unpaired) electrons. The van der Waals surface area contributed by atoms with Gasteiger partial charge in [-0.15, -0.1) is 11.3 Å². The van der Waals surface area contributed by atoms with Gasteiger partial charge in [-0.2, -0.15) is 0 Å². The molecule has 19 heavy (non-hydrogen) atoms. The van der Waals surface area contributed by atoms with E-state index < -0.39 is 0 Å². The van der Waals surface area contributed by atoms with Gasteiger partial charge in [-0.3, -0.25) is 0 Å². The predicted molar refractivity (Wildman–Crippen MR) is 90.9 cm³/mol. The van der Waals surface area contributed by atoms with Crippen molar-refractivity contribution in [1.82, 2.24) is 10.2 Å². The molecule has 1 fully saturated rings. The minimum Gasteiger partial charge on any atom is -0.312 e. The molecule has 1 aromatic rings. The molecule has 5 heteroatoms. The predicted octanol–water partition coefficient (Wildman–Crippen LogP) is 4.48. The number of nitrogens with one attached hydrogen (secondary N) is 1. The first kappa shape index (κ1) is 16.0. The zero-order valence-electron chi connectivity index (χ0n) is 11.4. The minimum absolute atomic E-state index is 0.935. The Morgan fingerprint density at radius 1 is 1.37 bits per heavy atom. The molecule has 1 N–H and O–H groups in total. The maximum Gasteiger partial charge on any atom is 0.0843 e. The van der Waals surface area contributed by atoms with Crippen molar-refractivity contribution < 1.29 is 0 Å². The molecule has 0 saturated carbocycles. The van der Waals surface area contributed by atoms with E-state index in [0.717, 1.165) is 23.5 Å². The summed E-state index contributed by atoms with van der Waals surface area (Å²) in [6.07, 6.45) is 4.01. The molecule has 0 aromatic carbocycles. The Morgan fingerprint density at radius 2 is 2.11 bits per heavy atom. The van der Waals surface area contributed by atoms with Crippen LogP contribution < -0.4 is 5.32 Å². The van der Waals surface area contributed by atoms with Gasteiger partial charge in [0.05, 0.1) is 3.79 Å². The Labute approximate surface area is 137 Å². The average Bonchev–Trinajstić information content (AvgIpc) is 2.71. The van der Waals surface area contributed by atoms with Crippen LogP contribution in [0, 0.1) is 5.92 Å². The van der Waals surface area contributed by atoms with Crippen LogP contribution in [0.15, 0.2) is 14.3 Å². The standard InChI is InChI=1S/C14H22Br2N2S/c1-11-3-7-18(8-4-11)6-2-5-17-10-12-9-13(15)14(16)19-12/h9,11,17H,2-8,10H2,1H3. The van der Waals surface area contributed by atoms with Gasteiger partial charge in [0.1, 0.15) is 0 Å². The Kier molecular flexibility index (Phi) is 6.83. The number of piperidine rings is 1. The number of rotatable bonds is 6. The monoisotopic (exact) mass is 408 g/mol. The molecule has 0 amide bonds. The van der Waals surface area contributed by atoms with E-state index in [2.05, 4.69) is 55.1 Å². The van der Waals surface area contributed by atoms with E-state index in [9.17, 15) is 0 Å². The summed E-state index contributed by atoms with van der Waals surface area (Å²) in [4.78, 5) is 3.99. The van der Waals surface area contributed by atoms with Crippen molar-refractivity contribution >= 4 is 43.2 Å². The lowest BCUT2D eigenvalue weighted by Crippen LogP contribution is -2.34. The maximum atomic E-state index is 3.53. The van der Waals surface area contributed by atoms with E-state index in [-0.39, 0.29) is 0 Å². The van der Waals surface area contributed by atoms with Crippen molar-refractivity contribution in [2.75, 3.05) is 26.2 Å². The van der Waals surface area contributed by atoms with E-state index in [1.165, 1.54) is 47.6 Å². The van der Waals surface area contributed by atoms with Crippen molar-refractivity contribution in [2.45, 2.75) is 32.7 Å². The fourth-order valence-electron chi connectivity index (χ4n) is 2.40. The van der Waals surface area contributed by atoms with Gasteiger partial charge in [-0.05, 0) is 89.3 Å². The highest BCUT2D eigenvalue weighted by atomic mass is 79.9. The topological polar surface area (TPSA) is 15.3 Å². The van der Waals surface area contributed by atoms with Crippen LogP contribution in [0.4, 0.5) is 0 Å². The molecular formula is C14H22Br2N2S. The largest absolute Gasteiger partial charge is 0.312 e. The zero-order chi connectivity index (χ0) is 13.7. The minimum atomic E-state index is 0.935. The second-order valence-electron chi connectivity index (χ2n) is 5.39. The summed E-state index contributed by atoms with van der Waals surface area (Å²) in [5, 5.41) is 3.53. The highest BCUT2D eigenvalue weighted by Crippen LogP contribution is 2.32. The van der Waals surface area contributed by atoms with E-state index >= 15 is 0 Å². The Balaban J connectivity index is 1.55. The molecule has 0 atom stereocenters. The number of likely N-dealkylation sites (tertiary alicyclic amines) is 1. The summed E-state index contributed by atoms with van der Waals surface area (Å²) in [5.74, 6) is 0.935. The van der Waals surface area contributed by atoms with E-state index in [4.69, 9.17) is 0 Å². The molecule has 1 aromatic heterocycles. The first-order valence-corrected chi connectivity index (χ1v) is 9.42. The smallest absolute Gasteiger partial charge is 0.0843 e. The van der Waals surface area contributed by atoms with Crippen molar-refractivity contribution in [1.29, 1.82) is 0 Å². The van der Waals surface area contributed by atoms with E-state index in [0.29, 0.717) is 0 Å². The Bertz CT molecular complexity index is 367. The van der Waals surface area contributed by atoms with Gasteiger partial charge in [0.25, 0.3) is 0 Å². The average molecular weight is 410 g/mol. The highest BCUT2D eigenvalue weighted by Gasteiger charge is 2.14. The van der Waals surface area contributed by atoms with Crippen molar-refractivity contribution in [3.63, 3.8) is 0 Å². The van der Waals surface area contributed by atoms with Crippen LogP contribution in [0.5, 0.6) is 0 Å². The third-order valence-electron chi connectivity index (χ3n) is 3.70. The quantitative estimate of drug-likeness (QED) is 0.696. The molecule has 1 aliphatic heterocycles. The fraction of sp³-hybridized carbons (Fsp3) is 0.714. The third kappa shape index (κ3) is 5.46. The van der Waals surface area contributed by atoms with Crippen LogP contribution in [0.2, 0.25) is 0 Å². The van der Waals surface area contributed by atoms with Gasteiger partial charge < -0.3 is 10.2 Å². The molecule has 108 valence electrons. The van der Waals surface area contributed by atoms with Crippen molar-refractivity contribution in [2.24, 2.45) is 5.92 Å². The lowest BCUT2D eigenvalue weighted by molar-refractivity contribution is 0.190. The summed E-state index contributed by atoms with van der Waals surface area (Å²) >= 11 is 8.86. The van der Waals surface area contributed by atoms with Gasteiger partial charge in [0.2, 0.25) is 0 Å². The van der Waals surface area contributed by atoms with Gasteiger partial charge in [0.15, 0.2) is 0 Å². The van der Waals surface area contributed by atoms with E-state index in [1.54, 1.807) is 11.3 Å². The molecular weight excluding hydrogens is 388 g/mol. The molecule has 1 aliphatic rings. The van der Waals surface area contributed by atoms with Crippen LogP contribution in [-0.2, 0) is 6.54 Å². The normalized spacial score (nSPS) is 18.1. The van der Waals surface area contributed by atoms with Crippen molar-refractivity contribution in [3.05, 3.63) is 19.2 Å². The summed E-state index contributed by atoms with van der Waals surface area (Å²) in [5.41, 5.74) is 0. The first-order valence-electron chi connectivity index (χ1n) is 7.02. The third-order valence-corrected chi connectivity index (χ3v) is 6.96. The molecule has 2 rings (SSSR count). The molecule has 0 unspecified atom stereocenters. The Morgan fingerprint density at radius 3 is 2.74 bits per heavy atom. The number of nitrogens with zero attached hydrogens (tertiary/aromatic N) is 1. The molecule has 0 bridgehead atoms. The molecule has 2 heterocycles. The van der Waals surface area contributed by atoms with Crippen LogP contribution >= 0.6 is 43.2 Å². The zero-order valence-corrected chi connectivity index (χ0v) is 15.4. The summed E-state index contributed by atoms with van der Waals surface area (Å²) in [7, 11) is 0. The lowest BCUT2D eigenvalue weighted by Gasteiger charge is -2.30. The molecule has 2 nitrogen and oxygen atoms in total. The second kappa shape index (κ2) is 8.13. The van der Waals surface area contributed by atoms with Crippen LogP contribution in [0.25, 0.3) is 0 Å². The highest BCUT2D eigenvalue weighted by molar-refractivity contribution is 9.13. The van der Waals surface area contributed by atoms with Crippen LogP contribution in [-0.4, -0.2) is 31.1 Å². The van der Waals surface area contributed by atoms with Gasteiger partial charge in [-0.1, -0.05) is 6.92 Å². The molecule has 0 aliphatic carbocycles. The molecule has 0 spiro atoms. The SMILES string of the molecule is CC1CCN(CCCNCc2cc(Br)c(Br)s2)CC1. The van der Waals surface area contributed by atoms with E-state index in [1.807, 2.05) is 0 Å². The number of halogens is 2. The summed E-state index contributed by atoms with van der Waals surface area (Å²) in [6, 6.07) is 2.19. The van der Waals surface area contributed by atoms with Crippen LogP contribution in [0.3, 0.4) is 0 Å². The lowest BCUT2D eigenvalue weighted by atomic mass is 9.99.